The van der Waals surface area contributed by atoms with Crippen molar-refractivity contribution >= 4 is 29.7 Å². The fraction of sp³-hybridized carbons (Fsp3) is 0.378. The first-order chi connectivity index (χ1) is 23.1. The van der Waals surface area contributed by atoms with Gasteiger partial charge in [0.05, 0.1) is 47.8 Å². The van der Waals surface area contributed by atoms with Crippen LogP contribution in [-0.2, 0) is 14.3 Å². The molecule has 0 bridgehead atoms. The fourth-order valence-electron chi connectivity index (χ4n) is 5.12. The first kappa shape index (κ1) is 39.1. The molecule has 1 aliphatic carbocycles. The predicted molar refractivity (Wildman–Crippen MR) is 190 cm³/mol. The Morgan fingerprint density at radius 1 is 1.31 bits per heavy atom. The second-order valence-corrected chi connectivity index (χ2v) is 11.1. The summed E-state index contributed by atoms with van der Waals surface area (Å²) in [6.07, 6.45) is 19.8. The molecule has 0 radical (unpaired) electrons. The summed E-state index contributed by atoms with van der Waals surface area (Å²) in [6, 6.07) is 7.21. The minimum Gasteiger partial charge on any atom is -0.504 e. The average molecular weight is 658 g/mol. The van der Waals surface area contributed by atoms with E-state index in [9.17, 15) is 14.0 Å². The quantitative estimate of drug-likeness (QED) is 0.241. The van der Waals surface area contributed by atoms with E-state index in [1.54, 1.807) is 30.7 Å². The van der Waals surface area contributed by atoms with Crippen molar-refractivity contribution in [3.05, 3.63) is 83.6 Å². The third kappa shape index (κ3) is 11.3. The molecule has 5 rings (SSSR count). The predicted octanol–water partition coefficient (Wildman–Crippen LogP) is 4.44. The molecule has 256 valence electrons. The first-order valence-corrected chi connectivity index (χ1v) is 15.9. The van der Waals surface area contributed by atoms with E-state index < -0.39 is 12.1 Å². The number of primary amides is 1. The number of carbonyl (C=O) groups is 2. The van der Waals surface area contributed by atoms with Gasteiger partial charge < -0.3 is 15.8 Å². The van der Waals surface area contributed by atoms with Crippen LogP contribution in [0, 0.1) is 24.7 Å². The number of nitrogens with one attached hydrogen (secondary N) is 2. The molecule has 1 unspecified atom stereocenters. The van der Waals surface area contributed by atoms with E-state index >= 15 is 0 Å². The maximum absolute atomic E-state index is 13.0. The lowest BCUT2D eigenvalue weighted by molar-refractivity contribution is -0.124. The molecule has 1 saturated heterocycles. The Balaban J connectivity index is 0.000000288. The van der Waals surface area contributed by atoms with Gasteiger partial charge >= 0.3 is 0 Å². The summed E-state index contributed by atoms with van der Waals surface area (Å²) in [7, 11) is 1.50. The van der Waals surface area contributed by atoms with E-state index in [4.69, 9.17) is 10.5 Å². The molecule has 0 saturated carbocycles. The van der Waals surface area contributed by atoms with Crippen LogP contribution in [0.1, 0.15) is 52.1 Å². The lowest BCUT2D eigenvalue weighted by atomic mass is 9.82. The number of aromatic nitrogens is 4. The number of nitrogens with zero attached hydrogens (tertiary/aromatic N) is 4. The number of pyridine rings is 2. The highest BCUT2D eigenvalue weighted by atomic mass is 19.1. The van der Waals surface area contributed by atoms with Gasteiger partial charge in [0.15, 0.2) is 0 Å². The van der Waals surface area contributed by atoms with Crippen LogP contribution < -0.4 is 21.6 Å². The molecule has 4 N–H and O–H groups in total. The van der Waals surface area contributed by atoms with Gasteiger partial charge in [-0.15, -0.1) is 6.42 Å². The van der Waals surface area contributed by atoms with Crippen molar-refractivity contribution in [2.75, 3.05) is 32.2 Å². The number of fused-ring (bicyclic) bond motifs is 1. The minimum atomic E-state index is -0.659. The van der Waals surface area contributed by atoms with E-state index in [0.717, 1.165) is 53.3 Å². The second kappa shape index (κ2) is 20.2. The standard InChI is InChI=1S/C16H22FN3O2.C15H16N4O.C4H4.C2H6/c1-22-12-13(9-17)11-20-8-3-2-6-15(20)16(21)19-14-5-4-7-18-10-14;1-9-7-10(4-6-17-9)13-11-8-15(2,14(16)20)5-3-12(11)18-19-13;1-3-4-2;1-2/h4-5,7,10,12,15H,2-3,6,8-9,11H2,1H3,(H,19,21);3-4,6-8,18H,5H2,1-2H3,(H2,16,20);1,4H,2H2;1-2H3/b13-12-;;;/t15-;;;/m0.../s1. The maximum atomic E-state index is 13.0. The highest BCUT2D eigenvalue weighted by molar-refractivity contribution is 5.94. The van der Waals surface area contributed by atoms with Gasteiger partial charge in [-0.1, -0.05) is 44.9 Å². The van der Waals surface area contributed by atoms with Crippen LogP contribution in [0.3, 0.4) is 0 Å². The Morgan fingerprint density at radius 2 is 2.06 bits per heavy atom. The van der Waals surface area contributed by atoms with Crippen LogP contribution in [0.15, 0.2) is 67.3 Å². The number of methoxy groups -OCH3 is 1. The molecule has 2 aliphatic rings. The molecule has 48 heavy (non-hydrogen) atoms. The molecule has 11 heteroatoms. The van der Waals surface area contributed by atoms with Crippen molar-refractivity contribution in [3.63, 3.8) is 0 Å². The largest absolute Gasteiger partial charge is 0.504 e. The molecule has 0 spiro atoms. The molecular formula is C37H48FN7O3. The summed E-state index contributed by atoms with van der Waals surface area (Å²) in [5, 5.41) is 12.1. The number of likely N-dealkylation sites (tertiary alicyclic amines) is 1. The van der Waals surface area contributed by atoms with Gasteiger partial charge in [-0.05, 0) is 70.0 Å². The molecule has 2 amide bonds. The number of H-pyrrole nitrogens is 1. The third-order valence-electron chi connectivity index (χ3n) is 7.59. The number of aromatic amines is 1. The Bertz CT molecular complexity index is 1680. The topological polar surface area (TPSA) is 139 Å². The number of carbonyl (C=O) groups excluding carboxylic acids is 2. The highest BCUT2D eigenvalue weighted by Crippen LogP contribution is 2.26. The first-order valence-electron chi connectivity index (χ1n) is 15.9. The second-order valence-electron chi connectivity index (χ2n) is 11.1. The van der Waals surface area contributed by atoms with Gasteiger partial charge in [-0.25, -0.2) is 4.39 Å². The van der Waals surface area contributed by atoms with Gasteiger partial charge in [0.2, 0.25) is 11.8 Å². The number of allylic oxidation sites excluding steroid dienone is 1. The number of amides is 2. The Labute approximate surface area is 283 Å². The van der Waals surface area contributed by atoms with E-state index in [2.05, 4.69) is 44.4 Å². The summed E-state index contributed by atoms with van der Waals surface area (Å²) in [5.74, 6) is 1.81. The van der Waals surface area contributed by atoms with Crippen molar-refractivity contribution in [3.8, 4) is 23.6 Å². The number of anilines is 1. The zero-order chi connectivity index (χ0) is 35.5. The molecule has 2 atom stereocenters. The third-order valence-corrected chi connectivity index (χ3v) is 7.59. The lowest BCUT2D eigenvalue weighted by Crippen LogP contribution is -2.47. The normalized spacial score (nSPS) is 18.1. The van der Waals surface area contributed by atoms with Crippen LogP contribution in [0.5, 0.6) is 0 Å². The number of halogens is 1. The van der Waals surface area contributed by atoms with Crippen LogP contribution in [-0.4, -0.2) is 69.8 Å². The summed E-state index contributed by atoms with van der Waals surface area (Å²) >= 11 is 0. The lowest BCUT2D eigenvalue weighted by Gasteiger charge is -2.34. The van der Waals surface area contributed by atoms with Crippen LogP contribution in [0.2, 0.25) is 0 Å². The number of piperidine rings is 1. The van der Waals surface area contributed by atoms with Crippen molar-refractivity contribution in [1.29, 1.82) is 0 Å². The molecule has 3 aromatic rings. The zero-order valence-corrected chi connectivity index (χ0v) is 28.6. The molecular weight excluding hydrogens is 609 g/mol. The van der Waals surface area contributed by atoms with Crippen LogP contribution in [0.4, 0.5) is 10.1 Å². The summed E-state index contributed by atoms with van der Waals surface area (Å²) in [6.45, 7) is 11.7. The van der Waals surface area contributed by atoms with Crippen molar-refractivity contribution in [2.45, 2.75) is 59.4 Å². The number of rotatable bonds is 8. The van der Waals surface area contributed by atoms with Crippen LogP contribution in [0.25, 0.3) is 23.4 Å². The van der Waals surface area contributed by atoms with Gasteiger partial charge in [-0.2, -0.15) is 5.10 Å². The Kier molecular flexibility index (Phi) is 16.5. The number of nitrogens with two attached hydrogens (primary N) is 1. The maximum Gasteiger partial charge on any atom is 0.241 e. The Morgan fingerprint density at radius 3 is 2.67 bits per heavy atom. The highest BCUT2D eigenvalue weighted by Gasteiger charge is 2.30. The Hall–Kier alpha value is -5.08. The van der Waals surface area contributed by atoms with E-state index in [1.807, 2.05) is 56.9 Å². The molecule has 1 fully saturated rings. The van der Waals surface area contributed by atoms with Crippen molar-refractivity contribution in [2.24, 2.45) is 11.1 Å². The average Bonchev–Trinajstić information content (AvgIpc) is 3.53. The molecule has 3 aromatic heterocycles. The number of hydrogen-bond donors (Lipinski definition) is 3. The number of alkyl halides is 1. The molecule has 1 aliphatic heterocycles. The van der Waals surface area contributed by atoms with Gasteiger partial charge in [0.1, 0.15) is 6.67 Å². The van der Waals surface area contributed by atoms with E-state index in [-0.39, 0.29) is 17.9 Å². The zero-order valence-electron chi connectivity index (χ0n) is 28.6. The summed E-state index contributed by atoms with van der Waals surface area (Å²) in [4.78, 5) is 34.3. The number of aryl methyl sites for hydroxylation is 1. The number of hydrogen-bond acceptors (Lipinski definition) is 7. The van der Waals surface area contributed by atoms with Gasteiger partial charge in [0.25, 0.3) is 0 Å². The molecule has 0 aromatic carbocycles. The molecule has 4 heterocycles. The monoisotopic (exact) mass is 657 g/mol. The number of ether oxygens (including phenoxy) is 1. The number of terminal acetylenes is 1. The van der Waals surface area contributed by atoms with Crippen molar-refractivity contribution in [1.82, 2.24) is 25.1 Å². The fourth-order valence-corrected chi connectivity index (χ4v) is 5.12. The van der Waals surface area contributed by atoms with Crippen molar-refractivity contribution < 1.29 is 18.7 Å². The smallest absolute Gasteiger partial charge is 0.241 e. The minimum absolute atomic E-state index is 0.0664. The summed E-state index contributed by atoms with van der Waals surface area (Å²) < 4.78 is 17.9. The summed E-state index contributed by atoms with van der Waals surface area (Å²) in [5.41, 5.74) is 8.81. The molecule has 10 nitrogen and oxygen atoms in total. The van der Waals surface area contributed by atoms with E-state index in [1.165, 1.54) is 19.4 Å². The van der Waals surface area contributed by atoms with Gasteiger partial charge in [-0.3, -0.25) is 29.6 Å². The van der Waals surface area contributed by atoms with Crippen LogP contribution >= 0.6 is 0 Å². The SMILES string of the molecule is C#CC=C.CC.CO/C=C(/CF)CN1CCCC[C@H]1C(=O)Nc1cccnc1.Cc1cc(-c2n[nH]c3c2=CC(C)(C(N)=O)CC=3)ccn1. The van der Waals surface area contributed by atoms with E-state index in [0.29, 0.717) is 24.2 Å². The van der Waals surface area contributed by atoms with Gasteiger partial charge in [0, 0.05) is 41.0 Å².